The zero-order valence-corrected chi connectivity index (χ0v) is 18.1. The van der Waals surface area contributed by atoms with Crippen LogP contribution in [-0.4, -0.2) is 48.2 Å². The average molecular weight is 528 g/mol. The predicted octanol–water partition coefficient (Wildman–Crippen LogP) is 5.98. The first-order valence-electron chi connectivity index (χ1n) is 9.71. The van der Waals surface area contributed by atoms with Crippen LogP contribution in [0.3, 0.4) is 0 Å². The number of carbonyl (C=O) groups excluding carboxylic acids is 1. The van der Waals surface area contributed by atoms with Gasteiger partial charge in [-0.1, -0.05) is 12.2 Å². The van der Waals surface area contributed by atoms with Gasteiger partial charge >= 0.3 is 30.0 Å². The van der Waals surface area contributed by atoms with Gasteiger partial charge in [0.15, 0.2) is 11.6 Å². The van der Waals surface area contributed by atoms with Crippen molar-refractivity contribution in [1.82, 2.24) is 10.6 Å². The third-order valence-electron chi connectivity index (χ3n) is 4.74. The number of benzene rings is 1. The summed E-state index contributed by atoms with van der Waals surface area (Å²) in [6.07, 6.45) is -6.26. The molecule has 1 amide bonds. The monoisotopic (exact) mass is 528 g/mol. The van der Waals surface area contributed by atoms with Gasteiger partial charge < -0.3 is 15.4 Å². The van der Waals surface area contributed by atoms with Crippen molar-refractivity contribution < 1.29 is 57.8 Å². The molecule has 0 heterocycles. The van der Waals surface area contributed by atoms with E-state index in [2.05, 4.69) is 5.32 Å². The molecule has 35 heavy (non-hydrogen) atoms. The molecule has 0 saturated heterocycles. The molecular weight excluding hydrogens is 509 g/mol. The molecule has 15 heteroatoms. The molecule has 0 fully saturated rings. The largest absolute Gasteiger partial charge is 0.460 e. The van der Waals surface area contributed by atoms with Crippen molar-refractivity contribution >= 4 is 12.2 Å². The van der Waals surface area contributed by atoms with Crippen LogP contribution in [0.2, 0.25) is 0 Å². The SMILES string of the molecule is CC(C)(C)OC(=O)N[C@@H]1c2cc(F)c(F)cc2C=C[C@H]1NCC(F)(F)C(F)(F)C(F)(F)C(F)(F)F. The van der Waals surface area contributed by atoms with Crippen molar-refractivity contribution in [2.24, 2.45) is 0 Å². The lowest BCUT2D eigenvalue weighted by Gasteiger charge is -2.36. The summed E-state index contributed by atoms with van der Waals surface area (Å²) >= 11 is 0. The van der Waals surface area contributed by atoms with Crippen molar-refractivity contribution in [3.05, 3.63) is 41.0 Å². The summed E-state index contributed by atoms with van der Waals surface area (Å²) in [5, 5.41) is 3.81. The molecule has 1 aliphatic rings. The van der Waals surface area contributed by atoms with Gasteiger partial charge in [0, 0.05) is 0 Å². The lowest BCUT2D eigenvalue weighted by atomic mass is 9.88. The molecule has 2 rings (SSSR count). The van der Waals surface area contributed by atoms with Crippen LogP contribution < -0.4 is 10.6 Å². The zero-order valence-electron chi connectivity index (χ0n) is 18.1. The molecule has 0 radical (unpaired) electrons. The zero-order chi connectivity index (χ0) is 27.2. The number of nitrogens with one attached hydrogen (secondary N) is 2. The van der Waals surface area contributed by atoms with Crippen LogP contribution in [0.25, 0.3) is 6.08 Å². The van der Waals surface area contributed by atoms with Crippen molar-refractivity contribution in [3.8, 4) is 0 Å². The Hall–Kier alpha value is -2.58. The molecule has 1 aromatic rings. The van der Waals surface area contributed by atoms with Crippen molar-refractivity contribution in [3.63, 3.8) is 0 Å². The van der Waals surface area contributed by atoms with Gasteiger partial charge in [-0.25, -0.2) is 13.6 Å². The van der Waals surface area contributed by atoms with Crippen LogP contribution in [0.1, 0.15) is 37.9 Å². The highest BCUT2D eigenvalue weighted by molar-refractivity contribution is 5.70. The first-order valence-corrected chi connectivity index (χ1v) is 9.71. The lowest BCUT2D eigenvalue weighted by molar-refractivity contribution is -0.394. The molecule has 1 aliphatic carbocycles. The van der Waals surface area contributed by atoms with E-state index in [1.165, 1.54) is 20.8 Å². The maximum Gasteiger partial charge on any atom is 0.460 e. The summed E-state index contributed by atoms with van der Waals surface area (Å²) < 4.78 is 151. The Labute approximate surface area is 191 Å². The smallest absolute Gasteiger partial charge is 0.444 e. The summed E-state index contributed by atoms with van der Waals surface area (Å²) in [6, 6.07) is -2.03. The van der Waals surface area contributed by atoms with Crippen molar-refractivity contribution in [1.29, 1.82) is 0 Å². The minimum absolute atomic E-state index is 0.0660. The summed E-state index contributed by atoms with van der Waals surface area (Å²) in [7, 11) is 0. The summed E-state index contributed by atoms with van der Waals surface area (Å²) in [4.78, 5) is 12.2. The van der Waals surface area contributed by atoms with Crippen LogP contribution in [0.5, 0.6) is 0 Å². The van der Waals surface area contributed by atoms with E-state index < -0.39 is 65.9 Å². The first-order chi connectivity index (χ1) is 15.6. The summed E-state index contributed by atoms with van der Waals surface area (Å²) in [5.41, 5.74) is -1.40. The van der Waals surface area contributed by atoms with Gasteiger partial charge in [0.2, 0.25) is 0 Å². The Morgan fingerprint density at radius 1 is 0.914 bits per heavy atom. The number of rotatable bonds is 6. The molecular formula is C20H19F11N2O2. The van der Waals surface area contributed by atoms with Crippen LogP contribution in [0, 0.1) is 11.6 Å². The number of hydrogen-bond acceptors (Lipinski definition) is 3. The number of carbonyl (C=O) groups is 1. The van der Waals surface area contributed by atoms with E-state index in [-0.39, 0.29) is 11.1 Å². The van der Waals surface area contributed by atoms with Crippen LogP contribution in [0.4, 0.5) is 53.1 Å². The Balaban J connectivity index is 2.37. The fourth-order valence-corrected chi connectivity index (χ4v) is 3.06. The van der Waals surface area contributed by atoms with Crippen molar-refractivity contribution in [2.45, 2.75) is 62.4 Å². The molecule has 0 bridgehead atoms. The fraction of sp³-hybridized carbons (Fsp3) is 0.550. The normalized spacial score (nSPS) is 19.4. The number of alkyl carbamates (subject to hydrolysis) is 1. The Morgan fingerprint density at radius 2 is 1.46 bits per heavy atom. The van der Waals surface area contributed by atoms with Gasteiger partial charge in [-0.05, 0) is 44.0 Å². The van der Waals surface area contributed by atoms with E-state index in [1.807, 2.05) is 0 Å². The number of alkyl halides is 9. The molecule has 1 aromatic carbocycles. The first kappa shape index (κ1) is 28.7. The second-order valence-electron chi connectivity index (χ2n) is 8.64. The lowest BCUT2D eigenvalue weighted by Crippen LogP contribution is -2.64. The third-order valence-corrected chi connectivity index (χ3v) is 4.74. The Bertz CT molecular complexity index is 985. The van der Waals surface area contributed by atoms with Gasteiger partial charge in [0.1, 0.15) is 5.60 Å². The van der Waals surface area contributed by atoms with E-state index in [9.17, 15) is 53.1 Å². The standard InChI is InChI=1S/C20H19F11N2O2/c1-16(2,3)35-15(34)33-14-10-7-12(22)11(21)6-9(10)4-5-13(14)32-8-17(23,24)18(25,26)19(27,28)20(29,30)31/h4-7,13-14,32H,8H2,1-3H3,(H,33,34)/t13-,14-/m1/s1. The number of ether oxygens (including phenoxy) is 1. The maximum absolute atomic E-state index is 14.0. The second-order valence-corrected chi connectivity index (χ2v) is 8.64. The van der Waals surface area contributed by atoms with Crippen LogP contribution >= 0.6 is 0 Å². The number of hydrogen-bond donors (Lipinski definition) is 2. The Kier molecular flexibility index (Phi) is 7.48. The number of amides is 1. The third kappa shape index (κ3) is 5.81. The van der Waals surface area contributed by atoms with Crippen molar-refractivity contribution in [2.75, 3.05) is 6.54 Å². The molecule has 4 nitrogen and oxygen atoms in total. The Morgan fingerprint density at radius 3 is 1.97 bits per heavy atom. The van der Waals surface area contributed by atoms with Crippen LogP contribution in [-0.2, 0) is 4.74 Å². The van der Waals surface area contributed by atoms with E-state index in [1.54, 1.807) is 5.32 Å². The fourth-order valence-electron chi connectivity index (χ4n) is 3.06. The quantitative estimate of drug-likeness (QED) is 0.447. The highest BCUT2D eigenvalue weighted by Gasteiger charge is 2.81. The predicted molar refractivity (Wildman–Crippen MR) is 100 cm³/mol. The van der Waals surface area contributed by atoms with Crippen LogP contribution in [0.15, 0.2) is 18.2 Å². The van der Waals surface area contributed by atoms with Gasteiger partial charge in [-0.2, -0.15) is 39.5 Å². The van der Waals surface area contributed by atoms with Gasteiger partial charge in [0.25, 0.3) is 0 Å². The topological polar surface area (TPSA) is 50.4 Å². The van der Waals surface area contributed by atoms with Gasteiger partial charge in [-0.3, -0.25) is 0 Å². The molecule has 0 spiro atoms. The number of halogens is 11. The second kappa shape index (κ2) is 9.13. The van der Waals surface area contributed by atoms with E-state index in [0.29, 0.717) is 12.1 Å². The van der Waals surface area contributed by atoms with E-state index in [4.69, 9.17) is 4.74 Å². The molecule has 2 N–H and O–H groups in total. The highest BCUT2D eigenvalue weighted by atomic mass is 19.4. The summed E-state index contributed by atoms with van der Waals surface area (Å²) in [5.74, 6) is -22.6. The molecule has 0 aromatic heterocycles. The maximum atomic E-state index is 14.0. The molecule has 0 aliphatic heterocycles. The molecule has 2 atom stereocenters. The molecule has 198 valence electrons. The highest BCUT2D eigenvalue weighted by Crippen LogP contribution is 2.52. The van der Waals surface area contributed by atoms with E-state index >= 15 is 0 Å². The molecule has 0 saturated carbocycles. The number of fused-ring (bicyclic) bond motifs is 1. The van der Waals surface area contributed by atoms with Gasteiger partial charge in [-0.15, -0.1) is 0 Å². The minimum atomic E-state index is -7.07. The summed E-state index contributed by atoms with van der Waals surface area (Å²) in [6.45, 7) is 1.91. The van der Waals surface area contributed by atoms with E-state index in [0.717, 1.165) is 12.2 Å². The van der Waals surface area contributed by atoms with Gasteiger partial charge in [0.05, 0.1) is 18.6 Å². The molecule has 0 unspecified atom stereocenters. The minimum Gasteiger partial charge on any atom is -0.444 e. The average Bonchev–Trinajstić information content (AvgIpc) is 2.66.